The number of carbonyl (C=O) groups excluding carboxylic acids is 4. The zero-order valence-electron chi connectivity index (χ0n) is 21.2. The van der Waals surface area contributed by atoms with E-state index in [2.05, 4.69) is 15.3 Å². The highest BCUT2D eigenvalue weighted by atomic mass is 35.5. The highest BCUT2D eigenvalue weighted by Crippen LogP contribution is 2.26. The molecule has 4 rings (SSSR count). The van der Waals surface area contributed by atoms with Crippen molar-refractivity contribution in [2.24, 2.45) is 11.5 Å². The molecule has 43 heavy (non-hydrogen) atoms. The Morgan fingerprint density at radius 1 is 0.698 bits per heavy atom. The minimum atomic E-state index is -0.936. The second-order valence-corrected chi connectivity index (χ2v) is 9.88. The number of primary amides is 2. The summed E-state index contributed by atoms with van der Waals surface area (Å²) in [5, 5.41) is 1.48. The molecular weight excluding hydrogens is 676 g/mol. The van der Waals surface area contributed by atoms with Crippen molar-refractivity contribution in [3.63, 3.8) is 0 Å². The Morgan fingerprint density at radius 3 is 1.53 bits per heavy atom. The normalized spacial score (nSPS) is 9.93. The van der Waals surface area contributed by atoms with Crippen molar-refractivity contribution in [3.8, 4) is 0 Å². The third-order valence-corrected chi connectivity index (χ3v) is 5.97. The summed E-state index contributed by atoms with van der Waals surface area (Å²) in [6.07, 6.45) is 2.61. The van der Waals surface area contributed by atoms with Crippen LogP contribution in [0.4, 0.5) is 20.2 Å². The van der Waals surface area contributed by atoms with Gasteiger partial charge < -0.3 is 22.5 Å². The second-order valence-electron chi connectivity index (χ2n) is 7.85. The number of hydrogen-bond acceptors (Lipinski definition) is 7. The summed E-state index contributed by atoms with van der Waals surface area (Å²) in [5.74, 6) is -3.65. The summed E-state index contributed by atoms with van der Waals surface area (Å²) in [4.78, 5) is 51.3. The Kier molecular flexibility index (Phi) is 13.0. The molecule has 0 aliphatic carbocycles. The molecule has 17 heteroatoms. The molecule has 2 aromatic heterocycles. The fourth-order valence-electron chi connectivity index (χ4n) is 2.85. The van der Waals surface area contributed by atoms with Gasteiger partial charge in [0.05, 0.1) is 44.9 Å². The molecule has 3 amide bonds. The van der Waals surface area contributed by atoms with Crippen LogP contribution in [0.15, 0.2) is 60.9 Å². The molecule has 10 nitrogen and oxygen atoms in total. The van der Waals surface area contributed by atoms with E-state index in [1.807, 2.05) is 0 Å². The summed E-state index contributed by atoms with van der Waals surface area (Å²) in [5.41, 5.74) is 15.7. The number of anilines is 2. The minimum absolute atomic E-state index is 0.0451. The quantitative estimate of drug-likeness (QED) is 0.181. The number of rotatable bonds is 5. The summed E-state index contributed by atoms with van der Waals surface area (Å²) in [6.45, 7) is 0. The third kappa shape index (κ3) is 10.6. The van der Waals surface area contributed by atoms with E-state index >= 15 is 0 Å². The molecule has 2 heterocycles. The van der Waals surface area contributed by atoms with Crippen molar-refractivity contribution >= 4 is 92.3 Å². The van der Waals surface area contributed by atoms with Gasteiger partial charge in [-0.05, 0) is 60.1 Å². The second kappa shape index (κ2) is 16.0. The fraction of sp³-hybridized carbons (Fsp3) is 0. The first-order valence-electron chi connectivity index (χ1n) is 11.2. The molecule has 224 valence electrons. The lowest BCUT2D eigenvalue weighted by atomic mass is 10.2. The van der Waals surface area contributed by atoms with Gasteiger partial charge in [-0.15, -0.1) is 0 Å². The summed E-state index contributed by atoms with van der Waals surface area (Å²) < 4.78 is 26.6. The van der Waals surface area contributed by atoms with E-state index in [9.17, 15) is 28.0 Å². The SMILES string of the molecule is NC(=O)c1ccc(N)cn1.NC(=O)c1ccc(NC(=O)c2c(F)cc(Cl)cc2Cl)cn1.O=C(Cl)c1c(F)cc(Cl)cc1Cl. The maximum Gasteiger partial charge on any atom is 0.267 e. The van der Waals surface area contributed by atoms with Crippen molar-refractivity contribution in [2.45, 2.75) is 0 Å². The van der Waals surface area contributed by atoms with Gasteiger partial charge in [0.2, 0.25) is 0 Å². The zero-order valence-corrected chi connectivity index (χ0v) is 25.0. The average molecular weight is 693 g/mol. The van der Waals surface area contributed by atoms with Gasteiger partial charge >= 0.3 is 0 Å². The number of benzene rings is 2. The predicted molar refractivity (Wildman–Crippen MR) is 161 cm³/mol. The summed E-state index contributed by atoms with van der Waals surface area (Å²) in [6, 6.07) is 10.3. The van der Waals surface area contributed by atoms with Crippen molar-refractivity contribution in [1.82, 2.24) is 9.97 Å². The molecule has 0 fully saturated rings. The molecule has 0 saturated carbocycles. The zero-order chi connectivity index (χ0) is 32.4. The van der Waals surface area contributed by atoms with Crippen LogP contribution in [-0.2, 0) is 0 Å². The number of aromatic nitrogens is 2. The highest BCUT2D eigenvalue weighted by Gasteiger charge is 2.18. The van der Waals surface area contributed by atoms with Crippen LogP contribution in [0, 0.1) is 11.6 Å². The Bertz CT molecular complexity index is 1630. The van der Waals surface area contributed by atoms with Crippen LogP contribution >= 0.6 is 58.0 Å². The van der Waals surface area contributed by atoms with E-state index in [0.29, 0.717) is 5.69 Å². The van der Waals surface area contributed by atoms with Gasteiger partial charge in [-0.2, -0.15) is 0 Å². The molecular formula is C26H17Cl5F2N6O4. The predicted octanol–water partition coefficient (Wildman–Crippen LogP) is 6.15. The number of nitrogens with two attached hydrogens (primary N) is 3. The average Bonchev–Trinajstić information content (AvgIpc) is 2.88. The number of carbonyl (C=O) groups is 4. The van der Waals surface area contributed by atoms with Gasteiger partial charge in [-0.1, -0.05) is 46.4 Å². The molecule has 0 atom stereocenters. The molecule has 2 aromatic carbocycles. The number of halogens is 7. The minimum Gasteiger partial charge on any atom is -0.397 e. The van der Waals surface area contributed by atoms with Crippen molar-refractivity contribution in [3.05, 3.63) is 115 Å². The van der Waals surface area contributed by atoms with Crippen LogP contribution in [0.1, 0.15) is 41.7 Å². The Labute approximate surface area is 267 Å². The molecule has 0 saturated heterocycles. The van der Waals surface area contributed by atoms with E-state index in [-0.39, 0.29) is 48.3 Å². The Morgan fingerprint density at radius 2 is 1.16 bits per heavy atom. The van der Waals surface area contributed by atoms with E-state index in [1.165, 1.54) is 42.7 Å². The molecule has 0 radical (unpaired) electrons. The van der Waals surface area contributed by atoms with Gasteiger partial charge in [0.25, 0.3) is 23.0 Å². The lowest BCUT2D eigenvalue weighted by Crippen LogP contribution is -2.16. The van der Waals surface area contributed by atoms with Crippen LogP contribution in [0.25, 0.3) is 0 Å². The smallest absolute Gasteiger partial charge is 0.267 e. The molecule has 0 aliphatic rings. The van der Waals surface area contributed by atoms with Crippen LogP contribution in [0.5, 0.6) is 0 Å². The number of amides is 3. The topological polar surface area (TPSA) is 184 Å². The van der Waals surface area contributed by atoms with Crippen molar-refractivity contribution in [2.75, 3.05) is 11.1 Å². The monoisotopic (exact) mass is 690 g/mol. The van der Waals surface area contributed by atoms with Gasteiger partial charge in [-0.25, -0.2) is 18.7 Å². The summed E-state index contributed by atoms with van der Waals surface area (Å²) >= 11 is 27.4. The third-order valence-electron chi connectivity index (χ3n) is 4.75. The van der Waals surface area contributed by atoms with Crippen molar-refractivity contribution in [1.29, 1.82) is 0 Å². The lowest BCUT2D eigenvalue weighted by molar-refractivity contribution is 0.0987. The molecule has 0 aliphatic heterocycles. The van der Waals surface area contributed by atoms with Gasteiger partial charge in [0.15, 0.2) is 0 Å². The first-order chi connectivity index (χ1) is 20.1. The Balaban J connectivity index is 0.000000248. The summed E-state index contributed by atoms with van der Waals surface area (Å²) in [7, 11) is 0. The van der Waals surface area contributed by atoms with E-state index in [1.54, 1.807) is 6.07 Å². The van der Waals surface area contributed by atoms with Crippen LogP contribution in [-0.4, -0.2) is 32.9 Å². The fourth-order valence-corrected chi connectivity index (χ4v) is 4.20. The standard InChI is InChI=1S/C13H8Cl2FN3O2.C7H2Cl3FO.C6H7N3O/c14-6-3-8(15)11(9(16)4-6)13(21)19-7-1-2-10(12(17)20)18-5-7;8-3-1-4(9)6(7(10)12)5(11)2-3;7-4-1-2-5(6(8)10)9-3-4/h1-5H,(H2,17,20)(H,19,21);1-2H;1-3H,7H2,(H2,8,10). The maximum absolute atomic E-state index is 13.7. The van der Waals surface area contributed by atoms with Crippen LogP contribution < -0.4 is 22.5 Å². The number of hydrogen-bond donors (Lipinski definition) is 4. The molecule has 0 spiro atoms. The van der Waals surface area contributed by atoms with E-state index in [0.717, 1.165) is 12.1 Å². The number of nitrogens with zero attached hydrogens (tertiary/aromatic N) is 2. The first kappa shape index (κ1) is 35.1. The largest absolute Gasteiger partial charge is 0.397 e. The van der Waals surface area contributed by atoms with E-state index in [4.69, 9.17) is 75.2 Å². The van der Waals surface area contributed by atoms with Crippen LogP contribution in [0.3, 0.4) is 0 Å². The lowest BCUT2D eigenvalue weighted by Gasteiger charge is -2.08. The van der Waals surface area contributed by atoms with Crippen molar-refractivity contribution < 1.29 is 28.0 Å². The number of nitrogens with one attached hydrogen (secondary N) is 1. The Hall–Kier alpha value is -4.07. The molecule has 4 aromatic rings. The molecule has 0 bridgehead atoms. The highest BCUT2D eigenvalue weighted by molar-refractivity contribution is 6.68. The number of pyridine rings is 2. The van der Waals surface area contributed by atoms with E-state index < -0.39 is 34.6 Å². The first-order valence-corrected chi connectivity index (χ1v) is 13.1. The molecule has 7 N–H and O–H groups in total. The van der Waals surface area contributed by atoms with Gasteiger partial charge in [0.1, 0.15) is 23.0 Å². The number of nitrogen functional groups attached to an aromatic ring is 1. The van der Waals surface area contributed by atoms with Gasteiger partial charge in [-0.3, -0.25) is 19.2 Å². The molecule has 0 unspecified atom stereocenters. The van der Waals surface area contributed by atoms with Gasteiger partial charge in [0, 0.05) is 10.0 Å². The maximum atomic E-state index is 13.7. The van der Waals surface area contributed by atoms with Crippen LogP contribution in [0.2, 0.25) is 20.1 Å².